The van der Waals surface area contributed by atoms with Crippen LogP contribution in [-0.4, -0.2) is 25.2 Å². The predicted octanol–water partition coefficient (Wildman–Crippen LogP) is 0.337. The fourth-order valence-electron chi connectivity index (χ4n) is 1.83. The highest BCUT2D eigenvalue weighted by atomic mass is 32.2. The van der Waals surface area contributed by atoms with E-state index < -0.39 is 10.0 Å². The van der Waals surface area contributed by atoms with Gasteiger partial charge in [-0.25, -0.2) is 13.1 Å². The van der Waals surface area contributed by atoms with Crippen LogP contribution in [0.3, 0.4) is 0 Å². The molecule has 0 radical (unpaired) electrons. The summed E-state index contributed by atoms with van der Waals surface area (Å²) in [6.45, 7) is 2.74. The van der Waals surface area contributed by atoms with Crippen LogP contribution >= 0.6 is 0 Å². The van der Waals surface area contributed by atoms with Gasteiger partial charge in [0.15, 0.2) is 5.03 Å². The van der Waals surface area contributed by atoms with Crippen LogP contribution in [-0.2, 0) is 16.6 Å². The number of nitrogens with zero attached hydrogens (tertiary/aromatic N) is 1. The molecule has 0 unspecified atom stereocenters. The van der Waals surface area contributed by atoms with Gasteiger partial charge in [0, 0.05) is 18.7 Å². The lowest BCUT2D eigenvalue weighted by molar-refractivity contribution is 0.474. The summed E-state index contributed by atoms with van der Waals surface area (Å²) in [7, 11) is -3.51. The lowest BCUT2D eigenvalue weighted by atomic mass is 10.1. The average molecular weight is 258 g/mol. The number of hydrogen-bond donors (Lipinski definition) is 3. The lowest BCUT2D eigenvalue weighted by Crippen LogP contribution is -2.31. The Labute approximate surface area is 101 Å². The predicted molar refractivity (Wildman–Crippen MR) is 63.6 cm³/mol. The van der Waals surface area contributed by atoms with Gasteiger partial charge in [-0.3, -0.25) is 5.10 Å². The summed E-state index contributed by atoms with van der Waals surface area (Å²) < 4.78 is 26.7. The second kappa shape index (κ2) is 4.40. The van der Waals surface area contributed by atoms with Crippen LogP contribution in [0.25, 0.3) is 0 Å². The normalized spacial score (nSPS) is 18.2. The number of sulfonamides is 1. The van der Waals surface area contributed by atoms with Crippen molar-refractivity contribution < 1.29 is 8.42 Å². The van der Waals surface area contributed by atoms with Gasteiger partial charge in [0.05, 0.1) is 6.20 Å². The molecule has 0 atom stereocenters. The van der Waals surface area contributed by atoms with Gasteiger partial charge < -0.3 is 5.73 Å². The first-order chi connectivity index (χ1) is 8.03. The molecule has 4 N–H and O–H groups in total. The molecule has 2 rings (SSSR count). The third-order valence-electron chi connectivity index (χ3n) is 3.51. The molecule has 0 amide bonds. The SMILES string of the molecule is CCC1(CNS(=O)(=O)c2[nH]ncc2CN)CC1. The summed E-state index contributed by atoms with van der Waals surface area (Å²) in [5.41, 5.74) is 6.15. The summed E-state index contributed by atoms with van der Waals surface area (Å²) in [5.74, 6) is 0. The van der Waals surface area contributed by atoms with E-state index in [1.807, 2.05) is 0 Å². The van der Waals surface area contributed by atoms with Crippen molar-refractivity contribution in [1.29, 1.82) is 0 Å². The molecule has 7 heteroatoms. The van der Waals surface area contributed by atoms with Crippen molar-refractivity contribution in [2.45, 2.75) is 37.8 Å². The zero-order valence-corrected chi connectivity index (χ0v) is 10.7. The highest BCUT2D eigenvalue weighted by molar-refractivity contribution is 7.89. The molecular weight excluding hydrogens is 240 g/mol. The van der Waals surface area contributed by atoms with E-state index in [-0.39, 0.29) is 17.0 Å². The largest absolute Gasteiger partial charge is 0.326 e. The molecule has 0 saturated heterocycles. The molecule has 0 aliphatic heterocycles. The Morgan fingerprint density at radius 3 is 2.82 bits per heavy atom. The first-order valence-electron chi connectivity index (χ1n) is 5.75. The zero-order valence-electron chi connectivity index (χ0n) is 9.86. The second-order valence-electron chi connectivity index (χ2n) is 4.61. The number of nitrogens with one attached hydrogen (secondary N) is 2. The molecule has 96 valence electrons. The van der Waals surface area contributed by atoms with E-state index >= 15 is 0 Å². The van der Waals surface area contributed by atoms with Crippen LogP contribution in [0.2, 0.25) is 0 Å². The summed E-state index contributed by atoms with van der Waals surface area (Å²) in [6, 6.07) is 0. The summed E-state index contributed by atoms with van der Waals surface area (Å²) in [4.78, 5) is 0. The minimum atomic E-state index is -3.51. The van der Waals surface area contributed by atoms with Gasteiger partial charge in [-0.2, -0.15) is 5.10 Å². The number of aromatic amines is 1. The van der Waals surface area contributed by atoms with Crippen LogP contribution in [0.15, 0.2) is 11.2 Å². The highest BCUT2D eigenvalue weighted by Crippen LogP contribution is 2.48. The van der Waals surface area contributed by atoms with E-state index in [2.05, 4.69) is 21.8 Å². The van der Waals surface area contributed by atoms with Crippen LogP contribution in [0.4, 0.5) is 0 Å². The number of nitrogens with two attached hydrogens (primary N) is 1. The Balaban J connectivity index is 2.09. The fourth-order valence-corrected chi connectivity index (χ4v) is 3.12. The van der Waals surface area contributed by atoms with Crippen LogP contribution < -0.4 is 10.5 Å². The topological polar surface area (TPSA) is 101 Å². The van der Waals surface area contributed by atoms with E-state index in [0.717, 1.165) is 19.3 Å². The summed E-state index contributed by atoms with van der Waals surface area (Å²) in [5, 5.41) is 6.30. The minimum Gasteiger partial charge on any atom is -0.326 e. The molecule has 1 aromatic rings. The van der Waals surface area contributed by atoms with Crippen molar-refractivity contribution in [2.75, 3.05) is 6.54 Å². The van der Waals surface area contributed by atoms with Crippen molar-refractivity contribution in [2.24, 2.45) is 11.1 Å². The zero-order chi connectivity index (χ0) is 12.5. The molecule has 6 nitrogen and oxygen atoms in total. The van der Waals surface area contributed by atoms with Crippen molar-refractivity contribution in [1.82, 2.24) is 14.9 Å². The molecule has 0 spiro atoms. The maximum Gasteiger partial charge on any atom is 0.257 e. The molecule has 0 bridgehead atoms. The van der Waals surface area contributed by atoms with Crippen LogP contribution in [0.5, 0.6) is 0 Å². The van der Waals surface area contributed by atoms with Gasteiger partial charge in [-0.05, 0) is 24.7 Å². The van der Waals surface area contributed by atoms with Gasteiger partial charge in [0.2, 0.25) is 0 Å². The molecule has 1 aliphatic carbocycles. The second-order valence-corrected chi connectivity index (χ2v) is 6.31. The van der Waals surface area contributed by atoms with Crippen LogP contribution in [0.1, 0.15) is 31.7 Å². The number of rotatable bonds is 6. The van der Waals surface area contributed by atoms with Gasteiger partial charge >= 0.3 is 0 Å². The molecule has 17 heavy (non-hydrogen) atoms. The summed E-state index contributed by atoms with van der Waals surface area (Å²) in [6.07, 6.45) is 4.64. The van der Waals surface area contributed by atoms with Gasteiger partial charge in [-0.1, -0.05) is 6.92 Å². The van der Waals surface area contributed by atoms with Gasteiger partial charge in [0.1, 0.15) is 0 Å². The third-order valence-corrected chi connectivity index (χ3v) is 4.93. The summed E-state index contributed by atoms with van der Waals surface area (Å²) >= 11 is 0. The Morgan fingerprint density at radius 2 is 2.29 bits per heavy atom. The molecule has 1 heterocycles. The molecule has 1 fully saturated rings. The first kappa shape index (κ1) is 12.5. The molecular formula is C10H18N4O2S. The first-order valence-corrected chi connectivity index (χ1v) is 7.23. The minimum absolute atomic E-state index is 0.0897. The number of aromatic nitrogens is 2. The van der Waals surface area contributed by atoms with Gasteiger partial charge in [-0.15, -0.1) is 0 Å². The van der Waals surface area contributed by atoms with E-state index in [1.165, 1.54) is 6.20 Å². The molecule has 1 saturated carbocycles. The van der Waals surface area contributed by atoms with E-state index in [9.17, 15) is 8.42 Å². The standard InChI is InChI=1S/C10H18N4O2S/c1-2-10(3-4-10)7-13-17(15,16)9-8(5-11)6-12-14-9/h6,13H,2-5,7,11H2,1H3,(H,12,14). The third kappa shape index (κ3) is 2.51. The average Bonchev–Trinajstić information content (AvgIpc) is 2.93. The van der Waals surface area contributed by atoms with E-state index in [4.69, 9.17) is 5.73 Å². The van der Waals surface area contributed by atoms with E-state index in [0.29, 0.717) is 12.1 Å². The Bertz CT molecular complexity index is 490. The fraction of sp³-hybridized carbons (Fsp3) is 0.700. The van der Waals surface area contributed by atoms with Crippen molar-refractivity contribution in [3.8, 4) is 0 Å². The Kier molecular flexibility index (Phi) is 3.24. The smallest absolute Gasteiger partial charge is 0.257 e. The van der Waals surface area contributed by atoms with Crippen molar-refractivity contribution in [3.05, 3.63) is 11.8 Å². The Morgan fingerprint density at radius 1 is 1.59 bits per heavy atom. The van der Waals surface area contributed by atoms with Crippen LogP contribution in [0, 0.1) is 5.41 Å². The maximum absolute atomic E-state index is 12.0. The Hall–Kier alpha value is -0.920. The molecule has 1 aromatic heterocycles. The number of hydrogen-bond acceptors (Lipinski definition) is 4. The van der Waals surface area contributed by atoms with Crippen molar-refractivity contribution in [3.63, 3.8) is 0 Å². The lowest BCUT2D eigenvalue weighted by Gasteiger charge is -2.13. The maximum atomic E-state index is 12.0. The van der Waals surface area contributed by atoms with Gasteiger partial charge in [0.25, 0.3) is 10.0 Å². The van der Waals surface area contributed by atoms with Crippen molar-refractivity contribution >= 4 is 10.0 Å². The monoisotopic (exact) mass is 258 g/mol. The molecule has 1 aliphatic rings. The highest BCUT2D eigenvalue weighted by Gasteiger charge is 2.41. The van der Waals surface area contributed by atoms with E-state index in [1.54, 1.807) is 0 Å². The molecule has 0 aromatic carbocycles. The number of H-pyrrole nitrogens is 1. The quantitative estimate of drug-likeness (QED) is 0.684.